The number of thiophene rings is 1. The summed E-state index contributed by atoms with van der Waals surface area (Å²) in [5.41, 5.74) is 0. The normalized spacial score (nSPS) is 25.0. The quantitative estimate of drug-likeness (QED) is 0.248. The van der Waals surface area contributed by atoms with Gasteiger partial charge in [-0.1, -0.05) is 24.3 Å². The van der Waals surface area contributed by atoms with Crippen molar-refractivity contribution in [2.75, 3.05) is 6.54 Å². The van der Waals surface area contributed by atoms with Gasteiger partial charge >= 0.3 is 0 Å². The lowest BCUT2D eigenvalue weighted by Gasteiger charge is -2.19. The van der Waals surface area contributed by atoms with Crippen LogP contribution in [0.25, 0.3) is 0 Å². The molecular weight excluding hydrogens is 478 g/mol. The minimum atomic E-state index is -0.592. The number of hydrogen-bond donors (Lipinski definition) is 4. The predicted molar refractivity (Wildman–Crippen MR) is 130 cm³/mol. The third kappa shape index (κ3) is 8.81. The van der Waals surface area contributed by atoms with E-state index in [1.807, 2.05) is 25.2 Å². The molecular formula is C24H36BrNO4S. The van der Waals surface area contributed by atoms with E-state index < -0.39 is 18.3 Å². The van der Waals surface area contributed by atoms with Crippen LogP contribution in [0.1, 0.15) is 55.2 Å². The number of amides is 1. The van der Waals surface area contributed by atoms with Crippen LogP contribution in [0.2, 0.25) is 0 Å². The lowest BCUT2D eigenvalue weighted by Crippen LogP contribution is -2.21. The molecule has 1 aliphatic carbocycles. The summed E-state index contributed by atoms with van der Waals surface area (Å²) in [5.74, 6) is -0.146. The molecule has 1 aliphatic rings. The van der Waals surface area contributed by atoms with Crippen LogP contribution in [0.4, 0.5) is 0 Å². The van der Waals surface area contributed by atoms with E-state index in [0.29, 0.717) is 32.2 Å². The molecule has 2 rings (SSSR count). The van der Waals surface area contributed by atoms with E-state index in [1.54, 1.807) is 17.4 Å². The number of aryl methyl sites for hydroxylation is 2. The number of nitrogens with one attached hydrogen (secondary N) is 1. The van der Waals surface area contributed by atoms with Crippen LogP contribution in [0, 0.1) is 18.8 Å². The Morgan fingerprint density at radius 1 is 1.35 bits per heavy atom. The zero-order chi connectivity index (χ0) is 22.8. The van der Waals surface area contributed by atoms with Crippen LogP contribution >= 0.6 is 27.3 Å². The Kier molecular flexibility index (Phi) is 11.5. The van der Waals surface area contributed by atoms with Gasteiger partial charge in [0, 0.05) is 39.5 Å². The maximum atomic E-state index is 11.5. The van der Waals surface area contributed by atoms with E-state index in [2.05, 4.69) is 34.2 Å². The largest absolute Gasteiger partial charge is 0.393 e. The Morgan fingerprint density at radius 2 is 2.13 bits per heavy atom. The number of hydrogen-bond acceptors (Lipinski definition) is 5. The van der Waals surface area contributed by atoms with Crippen LogP contribution < -0.4 is 5.32 Å². The Labute approximate surface area is 198 Å². The molecule has 4 N–H and O–H groups in total. The average Bonchev–Trinajstić information content (AvgIpc) is 3.18. The van der Waals surface area contributed by atoms with Crippen molar-refractivity contribution in [2.24, 2.45) is 11.8 Å². The van der Waals surface area contributed by atoms with E-state index in [-0.39, 0.29) is 17.7 Å². The molecule has 5 nitrogen and oxygen atoms in total. The van der Waals surface area contributed by atoms with Crippen LogP contribution in [0.15, 0.2) is 34.8 Å². The summed E-state index contributed by atoms with van der Waals surface area (Å²) in [5, 5.41) is 33.9. The molecule has 5 atom stereocenters. The van der Waals surface area contributed by atoms with Crippen LogP contribution in [-0.4, -0.2) is 46.1 Å². The fraction of sp³-hybridized carbons (Fsp3) is 0.625. The lowest BCUT2D eigenvalue weighted by molar-refractivity contribution is -0.121. The molecule has 0 aliphatic heterocycles. The topological polar surface area (TPSA) is 89.8 Å². The third-order valence-corrected chi connectivity index (χ3v) is 7.99. The summed E-state index contributed by atoms with van der Waals surface area (Å²) in [4.78, 5) is 13.9. The summed E-state index contributed by atoms with van der Waals surface area (Å²) in [6.07, 6.45) is 10.6. The highest BCUT2D eigenvalue weighted by Crippen LogP contribution is 2.36. The van der Waals surface area contributed by atoms with E-state index in [1.165, 1.54) is 9.75 Å². The van der Waals surface area contributed by atoms with Crippen molar-refractivity contribution < 1.29 is 20.1 Å². The van der Waals surface area contributed by atoms with Gasteiger partial charge in [0.1, 0.15) is 0 Å². The molecule has 1 amide bonds. The number of carbonyl (C=O) groups is 1. The van der Waals surface area contributed by atoms with Crippen molar-refractivity contribution in [3.05, 3.63) is 44.6 Å². The van der Waals surface area contributed by atoms with Crippen LogP contribution in [0.3, 0.4) is 0 Å². The molecule has 1 aromatic heterocycles. The number of unbranched alkanes of at least 4 members (excludes halogenated alkanes) is 1. The molecule has 0 saturated heterocycles. The molecule has 1 aromatic rings. The molecule has 174 valence electrons. The van der Waals surface area contributed by atoms with E-state index in [4.69, 9.17) is 0 Å². The monoisotopic (exact) mass is 513 g/mol. The van der Waals surface area contributed by atoms with Crippen molar-refractivity contribution in [1.29, 1.82) is 0 Å². The Balaban J connectivity index is 1.79. The highest BCUT2D eigenvalue weighted by molar-refractivity contribution is 9.10. The van der Waals surface area contributed by atoms with Gasteiger partial charge in [0.2, 0.25) is 5.91 Å². The maximum Gasteiger partial charge on any atom is 0.219 e. The summed E-state index contributed by atoms with van der Waals surface area (Å²) >= 11 is 5.26. The van der Waals surface area contributed by atoms with Gasteiger partial charge in [0.05, 0.1) is 18.3 Å². The SMILES string of the molecule is CCNC(=O)CCCC=CC[C@@H]1[C@@H](C=C[C@@H](O)CCc2cc(Br)c(C)s2)[C@H](O)C[C@@H]1O. The number of aliphatic hydroxyl groups excluding tert-OH is 3. The first kappa shape index (κ1) is 26.3. The molecule has 0 unspecified atom stereocenters. The minimum absolute atomic E-state index is 0.0611. The first-order valence-corrected chi connectivity index (χ1v) is 12.8. The average molecular weight is 515 g/mol. The molecule has 31 heavy (non-hydrogen) atoms. The first-order chi connectivity index (χ1) is 14.8. The molecule has 0 bridgehead atoms. The summed E-state index contributed by atoms with van der Waals surface area (Å²) in [7, 11) is 0. The Morgan fingerprint density at radius 3 is 2.81 bits per heavy atom. The number of allylic oxidation sites excluding steroid dienone is 2. The van der Waals surface area contributed by atoms with Crippen molar-refractivity contribution in [2.45, 2.75) is 77.1 Å². The zero-order valence-electron chi connectivity index (χ0n) is 18.5. The van der Waals surface area contributed by atoms with Gasteiger partial charge in [-0.2, -0.15) is 0 Å². The van der Waals surface area contributed by atoms with Crippen LogP contribution in [0.5, 0.6) is 0 Å². The predicted octanol–water partition coefficient (Wildman–Crippen LogP) is 4.28. The van der Waals surface area contributed by atoms with Crippen molar-refractivity contribution in [1.82, 2.24) is 5.32 Å². The number of halogens is 1. The van der Waals surface area contributed by atoms with E-state index in [9.17, 15) is 20.1 Å². The smallest absolute Gasteiger partial charge is 0.219 e. The van der Waals surface area contributed by atoms with Crippen molar-refractivity contribution in [3.63, 3.8) is 0 Å². The van der Waals surface area contributed by atoms with Crippen molar-refractivity contribution >= 4 is 33.2 Å². The zero-order valence-corrected chi connectivity index (χ0v) is 20.9. The van der Waals surface area contributed by atoms with Crippen LogP contribution in [-0.2, 0) is 11.2 Å². The van der Waals surface area contributed by atoms with Gasteiger partial charge in [-0.25, -0.2) is 0 Å². The number of aliphatic hydroxyl groups is 3. The van der Waals surface area contributed by atoms with Crippen molar-refractivity contribution in [3.8, 4) is 0 Å². The highest BCUT2D eigenvalue weighted by atomic mass is 79.9. The highest BCUT2D eigenvalue weighted by Gasteiger charge is 2.39. The number of rotatable bonds is 12. The second-order valence-electron chi connectivity index (χ2n) is 8.27. The fourth-order valence-electron chi connectivity index (χ4n) is 4.03. The minimum Gasteiger partial charge on any atom is -0.393 e. The standard InChI is InChI=1S/C24H36BrNO4S/c1-3-26-24(30)9-7-5-4-6-8-19-20(23(29)15-22(19)28)13-11-17(27)10-12-18-14-21(25)16(2)31-18/h4,6,11,13-14,17,19-20,22-23,27-29H,3,5,7-10,12,15H2,1-2H3,(H,26,30)/t17-,19+,20+,22-,23+/m0/s1. The van der Waals surface area contributed by atoms with Gasteiger partial charge in [-0.3, -0.25) is 4.79 Å². The summed E-state index contributed by atoms with van der Waals surface area (Å²) < 4.78 is 1.11. The first-order valence-electron chi connectivity index (χ1n) is 11.2. The lowest BCUT2D eigenvalue weighted by atomic mass is 9.89. The fourth-order valence-corrected chi connectivity index (χ4v) is 5.64. The molecule has 0 spiro atoms. The molecule has 0 aromatic carbocycles. The second kappa shape index (κ2) is 13.5. The molecule has 0 radical (unpaired) electrons. The Bertz CT molecular complexity index is 728. The third-order valence-electron chi connectivity index (χ3n) is 5.79. The van der Waals surface area contributed by atoms with E-state index >= 15 is 0 Å². The summed E-state index contributed by atoms with van der Waals surface area (Å²) in [6.45, 7) is 4.64. The van der Waals surface area contributed by atoms with Gasteiger partial charge < -0.3 is 20.6 Å². The van der Waals surface area contributed by atoms with E-state index in [0.717, 1.165) is 23.7 Å². The Hall–Kier alpha value is -0.990. The molecule has 1 heterocycles. The second-order valence-corrected chi connectivity index (χ2v) is 10.5. The van der Waals surface area contributed by atoms with Gasteiger partial charge in [-0.05, 0) is 73.9 Å². The molecule has 1 saturated carbocycles. The summed E-state index contributed by atoms with van der Waals surface area (Å²) in [6, 6.07) is 2.10. The molecule has 1 fully saturated rings. The van der Waals surface area contributed by atoms with Gasteiger partial charge in [-0.15, -0.1) is 11.3 Å². The molecule has 7 heteroatoms. The number of carbonyl (C=O) groups excluding carboxylic acids is 1. The maximum absolute atomic E-state index is 11.5. The van der Waals surface area contributed by atoms with Gasteiger partial charge in [0.25, 0.3) is 0 Å². The van der Waals surface area contributed by atoms with Gasteiger partial charge in [0.15, 0.2) is 0 Å².